The summed E-state index contributed by atoms with van der Waals surface area (Å²) in [5, 5.41) is 4.01. The summed E-state index contributed by atoms with van der Waals surface area (Å²) in [6.07, 6.45) is 1.62. The van der Waals surface area contributed by atoms with E-state index in [1.807, 2.05) is 48.5 Å². The van der Waals surface area contributed by atoms with E-state index in [1.54, 1.807) is 6.21 Å². The topological polar surface area (TPSA) is 53.9 Å². The van der Waals surface area contributed by atoms with Gasteiger partial charge in [0.05, 0.1) is 19.4 Å². The van der Waals surface area contributed by atoms with Gasteiger partial charge in [0.25, 0.3) is 5.91 Å². The zero-order valence-corrected chi connectivity index (χ0v) is 15.4. The third kappa shape index (κ3) is 5.49. The maximum Gasteiger partial charge on any atom is 0.271 e. The molecule has 1 saturated heterocycles. The Bertz CT molecular complexity index is 741. The number of nitrogens with zero attached hydrogens (tertiary/aromatic N) is 2. The Kier molecular flexibility index (Phi) is 6.33. The molecule has 0 radical (unpaired) electrons. The molecule has 1 amide bonds. The van der Waals surface area contributed by atoms with Gasteiger partial charge in [-0.2, -0.15) is 5.10 Å². The first-order chi connectivity index (χ1) is 12.2. The second kappa shape index (κ2) is 8.89. The van der Waals surface area contributed by atoms with Crippen molar-refractivity contribution in [2.75, 3.05) is 26.3 Å². The largest absolute Gasteiger partial charge is 0.379 e. The predicted octanol–water partition coefficient (Wildman–Crippen LogP) is 3.05. The van der Waals surface area contributed by atoms with Gasteiger partial charge in [-0.25, -0.2) is 5.43 Å². The van der Waals surface area contributed by atoms with Crippen LogP contribution in [0, 0.1) is 0 Å². The molecule has 0 aromatic heterocycles. The standard InChI is InChI=1S/C19H20BrN3O2/c20-18-3-1-2-16(12-18)13-21-22-19(24)17-6-4-15(5-7-17)14-23-8-10-25-11-9-23/h1-7,12-13H,8-11,14H2,(H,22,24)/b21-13+. The van der Waals surface area contributed by atoms with Crippen molar-refractivity contribution >= 4 is 28.1 Å². The van der Waals surface area contributed by atoms with E-state index in [2.05, 4.69) is 31.4 Å². The fourth-order valence-electron chi connectivity index (χ4n) is 2.60. The van der Waals surface area contributed by atoms with E-state index in [9.17, 15) is 4.79 Å². The summed E-state index contributed by atoms with van der Waals surface area (Å²) in [5.74, 6) is -0.218. The Morgan fingerprint density at radius 2 is 1.96 bits per heavy atom. The van der Waals surface area contributed by atoms with Crippen LogP contribution in [0.4, 0.5) is 0 Å². The van der Waals surface area contributed by atoms with Crippen LogP contribution in [0.25, 0.3) is 0 Å². The van der Waals surface area contributed by atoms with Crippen molar-refractivity contribution in [2.24, 2.45) is 5.10 Å². The van der Waals surface area contributed by atoms with Gasteiger partial charge in [0.15, 0.2) is 0 Å². The number of hydrazone groups is 1. The Morgan fingerprint density at radius 1 is 1.20 bits per heavy atom. The third-order valence-electron chi connectivity index (χ3n) is 3.95. The van der Waals surface area contributed by atoms with Gasteiger partial charge in [-0.15, -0.1) is 0 Å². The van der Waals surface area contributed by atoms with Crippen LogP contribution in [-0.4, -0.2) is 43.3 Å². The molecule has 130 valence electrons. The summed E-state index contributed by atoms with van der Waals surface area (Å²) in [6, 6.07) is 15.3. The smallest absolute Gasteiger partial charge is 0.271 e. The highest BCUT2D eigenvalue weighted by Crippen LogP contribution is 2.11. The molecule has 0 atom stereocenters. The van der Waals surface area contributed by atoms with Crippen LogP contribution in [0.1, 0.15) is 21.5 Å². The van der Waals surface area contributed by atoms with E-state index in [1.165, 1.54) is 5.56 Å². The second-order valence-electron chi connectivity index (χ2n) is 5.84. The number of rotatable bonds is 5. The molecule has 0 spiro atoms. The van der Waals surface area contributed by atoms with Crippen molar-refractivity contribution < 1.29 is 9.53 Å². The van der Waals surface area contributed by atoms with Crippen molar-refractivity contribution in [3.05, 3.63) is 69.7 Å². The zero-order valence-electron chi connectivity index (χ0n) is 13.8. The van der Waals surface area contributed by atoms with Crippen molar-refractivity contribution in [3.8, 4) is 0 Å². The Labute approximate surface area is 155 Å². The van der Waals surface area contributed by atoms with E-state index >= 15 is 0 Å². The fourth-order valence-corrected chi connectivity index (χ4v) is 3.01. The zero-order chi connectivity index (χ0) is 17.5. The van der Waals surface area contributed by atoms with Gasteiger partial charge in [-0.1, -0.05) is 40.2 Å². The molecule has 25 heavy (non-hydrogen) atoms. The van der Waals surface area contributed by atoms with E-state index in [-0.39, 0.29) is 5.91 Å². The lowest BCUT2D eigenvalue weighted by Gasteiger charge is -2.26. The number of amides is 1. The molecule has 2 aromatic rings. The molecule has 1 aliphatic rings. The Hall–Kier alpha value is -2.02. The second-order valence-corrected chi connectivity index (χ2v) is 6.76. The quantitative estimate of drug-likeness (QED) is 0.618. The summed E-state index contributed by atoms with van der Waals surface area (Å²) in [5.41, 5.74) is 5.25. The van der Waals surface area contributed by atoms with Crippen molar-refractivity contribution in [3.63, 3.8) is 0 Å². The minimum absolute atomic E-state index is 0.218. The monoisotopic (exact) mass is 401 g/mol. The Morgan fingerprint density at radius 3 is 2.68 bits per heavy atom. The highest BCUT2D eigenvalue weighted by atomic mass is 79.9. The number of benzene rings is 2. The molecule has 5 nitrogen and oxygen atoms in total. The molecule has 1 fully saturated rings. The van der Waals surface area contributed by atoms with Gasteiger partial charge in [-0.3, -0.25) is 9.69 Å². The lowest BCUT2D eigenvalue weighted by atomic mass is 10.1. The first-order valence-electron chi connectivity index (χ1n) is 8.19. The van der Waals surface area contributed by atoms with Crippen LogP contribution in [-0.2, 0) is 11.3 Å². The van der Waals surface area contributed by atoms with E-state index in [0.29, 0.717) is 5.56 Å². The van der Waals surface area contributed by atoms with Gasteiger partial charge in [-0.05, 0) is 35.4 Å². The molecular weight excluding hydrogens is 382 g/mol. The SMILES string of the molecule is O=C(N/N=C/c1cccc(Br)c1)c1ccc(CN2CCOCC2)cc1. The summed E-state index contributed by atoms with van der Waals surface area (Å²) in [4.78, 5) is 14.5. The van der Waals surface area contributed by atoms with E-state index in [4.69, 9.17) is 4.74 Å². The molecular formula is C19H20BrN3O2. The van der Waals surface area contributed by atoms with E-state index in [0.717, 1.165) is 42.9 Å². The lowest BCUT2D eigenvalue weighted by Crippen LogP contribution is -2.35. The molecule has 0 saturated carbocycles. The summed E-state index contributed by atoms with van der Waals surface area (Å²) in [6.45, 7) is 4.36. The van der Waals surface area contributed by atoms with Crippen molar-refractivity contribution in [1.29, 1.82) is 0 Å². The first kappa shape index (κ1) is 17.8. The Balaban J connectivity index is 1.53. The van der Waals surface area contributed by atoms with Crippen LogP contribution >= 0.6 is 15.9 Å². The van der Waals surface area contributed by atoms with Gasteiger partial charge in [0.1, 0.15) is 0 Å². The molecule has 3 rings (SSSR count). The number of carbonyl (C=O) groups excluding carboxylic acids is 1. The maximum atomic E-state index is 12.1. The molecule has 0 aliphatic carbocycles. The lowest BCUT2D eigenvalue weighted by molar-refractivity contribution is 0.0342. The third-order valence-corrected chi connectivity index (χ3v) is 4.45. The van der Waals surface area contributed by atoms with Crippen LogP contribution in [0.15, 0.2) is 58.1 Å². The van der Waals surface area contributed by atoms with E-state index < -0.39 is 0 Å². The van der Waals surface area contributed by atoms with Gasteiger partial charge in [0.2, 0.25) is 0 Å². The van der Waals surface area contributed by atoms with Gasteiger partial charge < -0.3 is 4.74 Å². The number of carbonyl (C=O) groups is 1. The van der Waals surface area contributed by atoms with Crippen LogP contribution in [0.5, 0.6) is 0 Å². The van der Waals surface area contributed by atoms with Crippen LogP contribution in [0.3, 0.4) is 0 Å². The molecule has 1 N–H and O–H groups in total. The normalized spacial score (nSPS) is 15.4. The first-order valence-corrected chi connectivity index (χ1v) is 8.98. The molecule has 1 aliphatic heterocycles. The molecule has 0 bridgehead atoms. The van der Waals surface area contributed by atoms with Crippen LogP contribution < -0.4 is 5.43 Å². The number of hydrogen-bond acceptors (Lipinski definition) is 4. The number of hydrogen-bond donors (Lipinski definition) is 1. The number of morpholine rings is 1. The highest BCUT2D eigenvalue weighted by molar-refractivity contribution is 9.10. The fraction of sp³-hybridized carbons (Fsp3) is 0.263. The maximum absolute atomic E-state index is 12.1. The average Bonchev–Trinajstić information content (AvgIpc) is 2.63. The summed E-state index contributed by atoms with van der Waals surface area (Å²) >= 11 is 3.40. The predicted molar refractivity (Wildman–Crippen MR) is 102 cm³/mol. The minimum Gasteiger partial charge on any atom is -0.379 e. The molecule has 0 unspecified atom stereocenters. The number of ether oxygens (including phenoxy) is 1. The number of nitrogens with one attached hydrogen (secondary N) is 1. The molecule has 1 heterocycles. The van der Waals surface area contributed by atoms with Gasteiger partial charge in [0, 0.05) is 29.7 Å². The van der Waals surface area contributed by atoms with Crippen molar-refractivity contribution in [2.45, 2.75) is 6.54 Å². The van der Waals surface area contributed by atoms with Gasteiger partial charge >= 0.3 is 0 Å². The summed E-state index contributed by atoms with van der Waals surface area (Å²) < 4.78 is 6.32. The molecule has 2 aromatic carbocycles. The minimum atomic E-state index is -0.218. The molecule has 6 heteroatoms. The summed E-state index contributed by atoms with van der Waals surface area (Å²) in [7, 11) is 0. The average molecular weight is 402 g/mol. The highest BCUT2D eigenvalue weighted by Gasteiger charge is 2.11. The van der Waals surface area contributed by atoms with Crippen LogP contribution in [0.2, 0.25) is 0 Å². The number of halogens is 1. The van der Waals surface area contributed by atoms with Crippen molar-refractivity contribution in [1.82, 2.24) is 10.3 Å².